The van der Waals surface area contributed by atoms with E-state index in [2.05, 4.69) is 25.9 Å². The minimum absolute atomic E-state index is 0.0494. The van der Waals surface area contributed by atoms with E-state index in [0.717, 1.165) is 0 Å². The number of nitrogens with zero attached hydrogens (tertiary/aromatic N) is 1. The average Bonchev–Trinajstić information content (AvgIpc) is 2.76. The number of H-pyrrole nitrogens is 1. The minimum Gasteiger partial charge on any atom is -0.494 e. The first-order valence-corrected chi connectivity index (χ1v) is 10.3. The molecular formula is C22H20ClN5O4. The van der Waals surface area contributed by atoms with Crippen LogP contribution < -0.4 is 26.2 Å². The van der Waals surface area contributed by atoms with Crippen LogP contribution in [0.25, 0.3) is 0 Å². The Kier molecular flexibility index (Phi) is 6.09. The van der Waals surface area contributed by atoms with E-state index >= 15 is 0 Å². The summed E-state index contributed by atoms with van der Waals surface area (Å²) < 4.78 is 5.39. The lowest BCUT2D eigenvalue weighted by Gasteiger charge is -2.23. The first-order valence-electron chi connectivity index (χ1n) is 9.93. The number of halogens is 1. The third kappa shape index (κ3) is 4.73. The molecule has 4 N–H and O–H groups in total. The van der Waals surface area contributed by atoms with Gasteiger partial charge in [-0.2, -0.15) is 4.98 Å². The monoisotopic (exact) mass is 453 g/mol. The van der Waals surface area contributed by atoms with Crippen molar-refractivity contribution in [2.24, 2.45) is 0 Å². The molecule has 10 heteroatoms. The molecule has 2 aromatic carbocycles. The normalized spacial score (nSPS) is 14.8. The summed E-state index contributed by atoms with van der Waals surface area (Å²) in [6.45, 7) is 2.41. The summed E-state index contributed by atoms with van der Waals surface area (Å²) in [6, 6.07) is 13.6. The quantitative estimate of drug-likeness (QED) is 0.451. The van der Waals surface area contributed by atoms with Gasteiger partial charge >= 0.3 is 0 Å². The summed E-state index contributed by atoms with van der Waals surface area (Å²) in [5.41, 5.74) is 0.758. The van der Waals surface area contributed by atoms with Crippen LogP contribution in [0.1, 0.15) is 24.8 Å². The van der Waals surface area contributed by atoms with Gasteiger partial charge in [-0.15, -0.1) is 0 Å². The van der Waals surface area contributed by atoms with Crippen LogP contribution in [0, 0.1) is 0 Å². The van der Waals surface area contributed by atoms with Crippen molar-refractivity contribution in [2.45, 2.75) is 19.3 Å². The Morgan fingerprint density at radius 1 is 1.12 bits per heavy atom. The highest BCUT2D eigenvalue weighted by Crippen LogP contribution is 2.30. The fraction of sp³-hybridized carbons (Fsp3) is 0.182. The molecule has 3 aromatic rings. The molecule has 0 saturated carbocycles. The Bertz CT molecular complexity index is 1210. The second kappa shape index (κ2) is 9.11. The number of carbonyl (C=O) groups excluding carboxylic acids is 2. The zero-order chi connectivity index (χ0) is 22.7. The van der Waals surface area contributed by atoms with Crippen molar-refractivity contribution in [3.05, 3.63) is 69.5 Å². The van der Waals surface area contributed by atoms with Gasteiger partial charge in [-0.3, -0.25) is 19.4 Å². The second-order valence-corrected chi connectivity index (χ2v) is 7.50. The Morgan fingerprint density at radius 3 is 2.50 bits per heavy atom. The van der Waals surface area contributed by atoms with Crippen molar-refractivity contribution in [2.75, 3.05) is 22.6 Å². The summed E-state index contributed by atoms with van der Waals surface area (Å²) in [5, 5.41) is 8.84. The van der Waals surface area contributed by atoms with Gasteiger partial charge in [0.15, 0.2) is 0 Å². The summed E-state index contributed by atoms with van der Waals surface area (Å²) in [4.78, 5) is 44.9. The molecule has 1 aromatic heterocycles. The summed E-state index contributed by atoms with van der Waals surface area (Å²) in [5.74, 6) is -1.01. The van der Waals surface area contributed by atoms with Crippen molar-refractivity contribution < 1.29 is 14.3 Å². The first-order chi connectivity index (χ1) is 15.4. The van der Waals surface area contributed by atoms with Gasteiger partial charge in [0.05, 0.1) is 18.1 Å². The van der Waals surface area contributed by atoms with E-state index in [1.165, 1.54) is 0 Å². The van der Waals surface area contributed by atoms with Gasteiger partial charge in [0, 0.05) is 22.8 Å². The fourth-order valence-electron chi connectivity index (χ4n) is 3.35. The number of ether oxygens (including phenoxy) is 1. The molecule has 1 atom stereocenters. The Labute approximate surface area is 188 Å². The summed E-state index contributed by atoms with van der Waals surface area (Å²) in [7, 11) is 0. The van der Waals surface area contributed by atoms with Gasteiger partial charge in [0.2, 0.25) is 17.8 Å². The molecule has 0 radical (unpaired) electrons. The maximum absolute atomic E-state index is 12.9. The van der Waals surface area contributed by atoms with Crippen LogP contribution in [0.15, 0.2) is 53.3 Å². The average molecular weight is 454 g/mol. The standard InChI is InChI=1S/C22H20ClN5O4/c1-2-32-15-9-7-13(8-10-15)24-20(30)16-11-17(29)26-19-18(16)21(31)28-22(27-19)25-14-5-3-12(23)4-6-14/h3-10,16H,2,11H2,1H3,(H,24,30)(H3,25,26,27,28,29,31)/t16-/m1/s1. The molecule has 2 amide bonds. The van der Waals surface area contributed by atoms with E-state index in [0.29, 0.717) is 28.8 Å². The van der Waals surface area contributed by atoms with Crippen LogP contribution in [0.4, 0.5) is 23.1 Å². The van der Waals surface area contributed by atoms with Crippen molar-refractivity contribution >= 4 is 46.6 Å². The van der Waals surface area contributed by atoms with Gasteiger partial charge in [0.1, 0.15) is 11.6 Å². The van der Waals surface area contributed by atoms with E-state index in [1.54, 1.807) is 48.5 Å². The number of aromatic nitrogens is 2. The Morgan fingerprint density at radius 2 is 1.81 bits per heavy atom. The van der Waals surface area contributed by atoms with Gasteiger partial charge in [-0.25, -0.2) is 0 Å². The van der Waals surface area contributed by atoms with Crippen molar-refractivity contribution in [3.63, 3.8) is 0 Å². The number of aromatic amines is 1. The largest absolute Gasteiger partial charge is 0.494 e. The molecule has 0 fully saturated rings. The van der Waals surface area contributed by atoms with E-state index in [9.17, 15) is 14.4 Å². The maximum atomic E-state index is 12.9. The molecule has 1 aliphatic heterocycles. The van der Waals surface area contributed by atoms with Gasteiger partial charge in [0.25, 0.3) is 5.56 Å². The zero-order valence-corrected chi connectivity index (χ0v) is 17.8. The molecule has 2 heterocycles. The van der Waals surface area contributed by atoms with Crippen LogP contribution in [0.2, 0.25) is 5.02 Å². The van der Waals surface area contributed by atoms with Crippen LogP contribution in [0.3, 0.4) is 0 Å². The molecule has 164 valence electrons. The Hall–Kier alpha value is -3.85. The van der Waals surface area contributed by atoms with Gasteiger partial charge < -0.3 is 20.7 Å². The highest BCUT2D eigenvalue weighted by molar-refractivity contribution is 6.30. The molecule has 0 bridgehead atoms. The van der Waals surface area contributed by atoms with Crippen LogP contribution in [0.5, 0.6) is 5.75 Å². The lowest BCUT2D eigenvalue weighted by atomic mass is 9.92. The minimum atomic E-state index is -0.980. The number of carbonyl (C=O) groups is 2. The van der Waals surface area contributed by atoms with Crippen molar-refractivity contribution in [1.82, 2.24) is 9.97 Å². The van der Waals surface area contributed by atoms with E-state index < -0.39 is 23.3 Å². The lowest BCUT2D eigenvalue weighted by Crippen LogP contribution is -2.36. The number of nitrogens with one attached hydrogen (secondary N) is 4. The molecule has 9 nitrogen and oxygen atoms in total. The third-order valence-electron chi connectivity index (χ3n) is 4.81. The van der Waals surface area contributed by atoms with Gasteiger partial charge in [-0.05, 0) is 55.5 Å². The number of benzene rings is 2. The predicted molar refractivity (Wildman–Crippen MR) is 122 cm³/mol. The number of hydrogen-bond acceptors (Lipinski definition) is 6. The summed E-state index contributed by atoms with van der Waals surface area (Å²) >= 11 is 5.88. The van der Waals surface area contributed by atoms with Crippen LogP contribution in [-0.2, 0) is 9.59 Å². The SMILES string of the molecule is CCOc1ccc(NC(=O)[C@@H]2CC(=O)Nc3nc(Nc4ccc(Cl)cc4)[nH]c(=O)c32)cc1. The topological polar surface area (TPSA) is 125 Å². The molecule has 0 saturated heterocycles. The van der Waals surface area contributed by atoms with Crippen LogP contribution >= 0.6 is 11.6 Å². The number of fused-ring (bicyclic) bond motifs is 1. The molecule has 1 aliphatic rings. The molecular weight excluding hydrogens is 434 g/mol. The highest BCUT2D eigenvalue weighted by Gasteiger charge is 2.34. The third-order valence-corrected chi connectivity index (χ3v) is 5.06. The maximum Gasteiger partial charge on any atom is 0.258 e. The molecule has 0 spiro atoms. The highest BCUT2D eigenvalue weighted by atomic mass is 35.5. The van der Waals surface area contributed by atoms with E-state index in [4.69, 9.17) is 16.3 Å². The number of hydrogen-bond donors (Lipinski definition) is 4. The van der Waals surface area contributed by atoms with Crippen molar-refractivity contribution in [3.8, 4) is 5.75 Å². The summed E-state index contributed by atoms with van der Waals surface area (Å²) in [6.07, 6.45) is -0.162. The second-order valence-electron chi connectivity index (χ2n) is 7.06. The molecule has 0 unspecified atom stereocenters. The van der Waals surface area contributed by atoms with E-state index in [1.807, 2.05) is 6.92 Å². The smallest absolute Gasteiger partial charge is 0.258 e. The molecule has 4 rings (SSSR count). The van der Waals surface area contributed by atoms with Gasteiger partial charge in [-0.1, -0.05) is 11.6 Å². The zero-order valence-electron chi connectivity index (χ0n) is 17.1. The Balaban J connectivity index is 1.57. The predicted octanol–water partition coefficient (Wildman–Crippen LogP) is 3.63. The lowest BCUT2D eigenvalue weighted by molar-refractivity contribution is -0.123. The fourth-order valence-corrected chi connectivity index (χ4v) is 3.48. The van der Waals surface area contributed by atoms with Crippen molar-refractivity contribution in [1.29, 1.82) is 0 Å². The number of amides is 2. The molecule has 0 aliphatic carbocycles. The molecule has 32 heavy (non-hydrogen) atoms. The number of anilines is 4. The first kappa shape index (κ1) is 21.4. The van der Waals surface area contributed by atoms with Crippen LogP contribution in [-0.4, -0.2) is 28.4 Å². The van der Waals surface area contributed by atoms with E-state index in [-0.39, 0.29) is 23.8 Å². The number of rotatable bonds is 6.